The van der Waals surface area contributed by atoms with Crippen LogP contribution in [0.4, 0.5) is 0 Å². The van der Waals surface area contributed by atoms with Gasteiger partial charge in [-0.15, -0.1) is 5.10 Å². The van der Waals surface area contributed by atoms with Crippen LogP contribution in [0.25, 0.3) is 0 Å². The van der Waals surface area contributed by atoms with Gasteiger partial charge < -0.3 is 5.32 Å². The van der Waals surface area contributed by atoms with E-state index in [1.165, 1.54) is 0 Å². The van der Waals surface area contributed by atoms with Crippen molar-refractivity contribution in [3.8, 4) is 0 Å². The van der Waals surface area contributed by atoms with Crippen molar-refractivity contribution in [1.82, 2.24) is 25.5 Å². The van der Waals surface area contributed by atoms with Crippen LogP contribution in [0.2, 0.25) is 0 Å². The quantitative estimate of drug-likeness (QED) is 0.808. The first-order valence-electron chi connectivity index (χ1n) is 6.06. The maximum absolute atomic E-state index is 4.13. The standard InChI is InChI=1S/C11H23N5S/c1-8(2)6-12-10(4)11-13-14-15-16(11)9(3)7-17-5/h8-10,12H,6-7H2,1-5H3. The molecule has 1 N–H and O–H groups in total. The summed E-state index contributed by atoms with van der Waals surface area (Å²) in [6.07, 6.45) is 2.10. The molecule has 17 heavy (non-hydrogen) atoms. The van der Waals surface area contributed by atoms with Gasteiger partial charge in [-0.25, -0.2) is 4.68 Å². The first kappa shape index (κ1) is 14.4. The van der Waals surface area contributed by atoms with Crippen LogP contribution in [0, 0.1) is 5.92 Å². The topological polar surface area (TPSA) is 55.6 Å². The van der Waals surface area contributed by atoms with Gasteiger partial charge in [0, 0.05) is 5.75 Å². The van der Waals surface area contributed by atoms with Crippen molar-refractivity contribution in [3.63, 3.8) is 0 Å². The van der Waals surface area contributed by atoms with Crippen molar-refractivity contribution in [3.05, 3.63) is 5.82 Å². The van der Waals surface area contributed by atoms with E-state index in [0.29, 0.717) is 12.0 Å². The Morgan fingerprint density at radius 1 is 1.29 bits per heavy atom. The number of tetrazole rings is 1. The molecule has 1 aromatic heterocycles. The fourth-order valence-electron chi connectivity index (χ4n) is 1.62. The van der Waals surface area contributed by atoms with Gasteiger partial charge in [0.1, 0.15) is 0 Å². The molecule has 0 fully saturated rings. The van der Waals surface area contributed by atoms with Crippen LogP contribution in [-0.4, -0.2) is 38.8 Å². The maximum Gasteiger partial charge on any atom is 0.168 e. The molecule has 1 heterocycles. The van der Waals surface area contributed by atoms with Gasteiger partial charge in [0.25, 0.3) is 0 Å². The third-order valence-electron chi connectivity index (χ3n) is 2.56. The molecule has 0 spiro atoms. The normalized spacial score (nSPS) is 15.2. The highest BCUT2D eigenvalue weighted by Crippen LogP contribution is 2.16. The highest BCUT2D eigenvalue weighted by atomic mass is 32.2. The lowest BCUT2D eigenvalue weighted by Crippen LogP contribution is -2.27. The molecule has 2 unspecified atom stereocenters. The van der Waals surface area contributed by atoms with E-state index < -0.39 is 0 Å². The zero-order chi connectivity index (χ0) is 12.8. The smallest absolute Gasteiger partial charge is 0.168 e. The third-order valence-corrected chi connectivity index (χ3v) is 3.38. The van der Waals surface area contributed by atoms with Crippen LogP contribution >= 0.6 is 11.8 Å². The largest absolute Gasteiger partial charge is 0.307 e. The van der Waals surface area contributed by atoms with Gasteiger partial charge in [0.2, 0.25) is 0 Å². The molecule has 2 atom stereocenters. The summed E-state index contributed by atoms with van der Waals surface area (Å²) in [5.41, 5.74) is 0. The average molecular weight is 257 g/mol. The van der Waals surface area contributed by atoms with E-state index in [0.717, 1.165) is 18.1 Å². The molecular weight excluding hydrogens is 234 g/mol. The molecule has 98 valence electrons. The van der Waals surface area contributed by atoms with Crippen molar-refractivity contribution < 1.29 is 0 Å². The van der Waals surface area contributed by atoms with Crippen molar-refractivity contribution in [2.24, 2.45) is 5.92 Å². The van der Waals surface area contributed by atoms with Crippen LogP contribution in [0.15, 0.2) is 0 Å². The van der Waals surface area contributed by atoms with E-state index in [1.54, 1.807) is 0 Å². The lowest BCUT2D eigenvalue weighted by Gasteiger charge is -2.18. The summed E-state index contributed by atoms with van der Waals surface area (Å²) in [4.78, 5) is 0. The van der Waals surface area contributed by atoms with Crippen LogP contribution in [-0.2, 0) is 0 Å². The summed E-state index contributed by atoms with van der Waals surface area (Å²) in [6, 6.07) is 0.523. The lowest BCUT2D eigenvalue weighted by molar-refractivity contribution is 0.433. The van der Waals surface area contributed by atoms with Gasteiger partial charge >= 0.3 is 0 Å². The zero-order valence-electron chi connectivity index (χ0n) is 11.3. The molecular formula is C11H23N5S. The maximum atomic E-state index is 4.13. The molecule has 1 aromatic rings. The predicted molar refractivity (Wildman–Crippen MR) is 72.2 cm³/mol. The van der Waals surface area contributed by atoms with E-state index in [-0.39, 0.29) is 6.04 Å². The first-order valence-corrected chi connectivity index (χ1v) is 7.45. The fraction of sp³-hybridized carbons (Fsp3) is 0.909. The van der Waals surface area contributed by atoms with Gasteiger partial charge in [-0.2, -0.15) is 11.8 Å². The Kier molecular flexibility index (Phi) is 5.91. The molecule has 0 aliphatic heterocycles. The number of nitrogens with one attached hydrogen (secondary N) is 1. The molecule has 0 radical (unpaired) electrons. The van der Waals surface area contributed by atoms with E-state index in [1.807, 2.05) is 16.4 Å². The molecule has 0 aliphatic rings. The van der Waals surface area contributed by atoms with Crippen molar-refractivity contribution >= 4 is 11.8 Å². The van der Waals surface area contributed by atoms with Gasteiger partial charge in [-0.3, -0.25) is 0 Å². The second-order valence-corrected chi connectivity index (χ2v) is 5.72. The number of rotatable bonds is 7. The molecule has 6 heteroatoms. The van der Waals surface area contributed by atoms with Gasteiger partial charge in [-0.1, -0.05) is 13.8 Å². The fourth-order valence-corrected chi connectivity index (χ4v) is 2.24. The molecule has 0 aromatic carbocycles. The SMILES string of the molecule is CSCC(C)n1nnnc1C(C)NCC(C)C. The number of thioether (sulfide) groups is 1. The summed E-state index contributed by atoms with van der Waals surface area (Å²) in [6.45, 7) is 9.62. The van der Waals surface area contributed by atoms with E-state index >= 15 is 0 Å². The van der Waals surface area contributed by atoms with Crippen molar-refractivity contribution in [2.75, 3.05) is 18.6 Å². The second kappa shape index (κ2) is 6.96. The lowest BCUT2D eigenvalue weighted by atomic mass is 10.2. The van der Waals surface area contributed by atoms with Gasteiger partial charge in [-0.05, 0) is 43.0 Å². The minimum atomic E-state index is 0.191. The van der Waals surface area contributed by atoms with Gasteiger partial charge in [0.15, 0.2) is 5.82 Å². The van der Waals surface area contributed by atoms with Crippen LogP contribution in [0.5, 0.6) is 0 Å². The minimum absolute atomic E-state index is 0.191. The van der Waals surface area contributed by atoms with Crippen LogP contribution in [0.3, 0.4) is 0 Å². The van der Waals surface area contributed by atoms with E-state index in [4.69, 9.17) is 0 Å². The molecule has 0 aliphatic carbocycles. The Bertz CT molecular complexity index is 325. The molecule has 0 bridgehead atoms. The predicted octanol–water partition coefficient (Wildman–Crippen LogP) is 1.90. The van der Waals surface area contributed by atoms with Crippen molar-refractivity contribution in [1.29, 1.82) is 0 Å². The van der Waals surface area contributed by atoms with Crippen molar-refractivity contribution in [2.45, 2.75) is 39.8 Å². The Balaban J connectivity index is 2.66. The monoisotopic (exact) mass is 257 g/mol. The highest BCUT2D eigenvalue weighted by Gasteiger charge is 2.17. The highest BCUT2D eigenvalue weighted by molar-refractivity contribution is 7.98. The van der Waals surface area contributed by atoms with Crippen LogP contribution in [0.1, 0.15) is 45.6 Å². The first-order chi connectivity index (χ1) is 8.06. The summed E-state index contributed by atoms with van der Waals surface area (Å²) < 4.78 is 1.93. The minimum Gasteiger partial charge on any atom is -0.307 e. The molecule has 0 saturated heterocycles. The number of aromatic nitrogens is 4. The summed E-state index contributed by atoms with van der Waals surface area (Å²) in [7, 11) is 0. The van der Waals surface area contributed by atoms with E-state index in [9.17, 15) is 0 Å². The van der Waals surface area contributed by atoms with E-state index in [2.05, 4.69) is 54.8 Å². The summed E-state index contributed by atoms with van der Waals surface area (Å²) >= 11 is 1.81. The number of hydrogen-bond acceptors (Lipinski definition) is 5. The molecule has 1 rings (SSSR count). The Morgan fingerprint density at radius 2 is 2.00 bits per heavy atom. The summed E-state index contributed by atoms with van der Waals surface area (Å²) in [5.74, 6) is 2.58. The van der Waals surface area contributed by atoms with Crippen LogP contribution < -0.4 is 5.32 Å². The molecule has 0 saturated carbocycles. The Hall–Kier alpha value is -0.620. The number of nitrogens with zero attached hydrogens (tertiary/aromatic N) is 4. The summed E-state index contributed by atoms with van der Waals surface area (Å²) in [5, 5.41) is 15.5. The second-order valence-electron chi connectivity index (χ2n) is 4.81. The molecule has 5 nitrogen and oxygen atoms in total. The Morgan fingerprint density at radius 3 is 2.59 bits per heavy atom. The van der Waals surface area contributed by atoms with Gasteiger partial charge in [0.05, 0.1) is 12.1 Å². The Labute approximate surface area is 108 Å². The zero-order valence-corrected chi connectivity index (χ0v) is 12.2. The average Bonchev–Trinajstić information content (AvgIpc) is 2.75. The third kappa shape index (κ3) is 4.27. The number of hydrogen-bond donors (Lipinski definition) is 1. The molecule has 0 amide bonds.